The summed E-state index contributed by atoms with van der Waals surface area (Å²) < 4.78 is 26.6. The molecule has 1 N–H and O–H groups in total. The van der Waals surface area contributed by atoms with Gasteiger partial charge in [0.05, 0.1) is 30.9 Å². The summed E-state index contributed by atoms with van der Waals surface area (Å²) in [4.78, 5) is 14.8. The van der Waals surface area contributed by atoms with E-state index >= 15 is 4.39 Å². The minimum Gasteiger partial charge on any atom is -0.490 e. The molecule has 0 atom stereocenters. The van der Waals surface area contributed by atoms with E-state index in [-0.39, 0.29) is 36.1 Å². The number of hydrogen-bond acceptors (Lipinski definition) is 4. The highest BCUT2D eigenvalue weighted by Gasteiger charge is 2.45. The molecule has 0 aromatic heterocycles. The number of carbonyl (C=O) groups excluding carboxylic acids is 1. The van der Waals surface area contributed by atoms with Crippen LogP contribution < -0.4 is 9.47 Å². The fraction of sp³-hybridized carbons (Fsp3) is 0.440. The van der Waals surface area contributed by atoms with Crippen molar-refractivity contribution in [3.8, 4) is 11.5 Å². The summed E-state index contributed by atoms with van der Waals surface area (Å²) in [5.74, 6) is -0.517. The number of fused-ring (bicyclic) bond motifs is 1. The van der Waals surface area contributed by atoms with Gasteiger partial charge in [0, 0.05) is 5.57 Å². The van der Waals surface area contributed by atoms with Crippen LogP contribution in [0.4, 0.5) is 4.39 Å². The maximum absolute atomic E-state index is 15.5. The monoisotopic (exact) mass is 428 g/mol. The normalized spacial score (nSPS) is 14.9. The Kier molecular flexibility index (Phi) is 7.47. The molecule has 0 saturated heterocycles. The highest BCUT2D eigenvalue weighted by Crippen LogP contribution is 2.46. The van der Waals surface area contributed by atoms with E-state index in [2.05, 4.69) is 6.58 Å². The Morgan fingerprint density at radius 1 is 1.19 bits per heavy atom. The van der Waals surface area contributed by atoms with Crippen molar-refractivity contribution in [1.29, 1.82) is 5.41 Å². The molecule has 1 heterocycles. The molecule has 2 rings (SSSR count). The molecule has 0 aliphatic carbocycles. The Bertz CT molecular complexity index is 969. The third-order valence-corrected chi connectivity index (χ3v) is 5.09. The lowest BCUT2D eigenvalue weighted by molar-refractivity contribution is -0.116. The van der Waals surface area contributed by atoms with Crippen LogP contribution in [0.2, 0.25) is 0 Å². The van der Waals surface area contributed by atoms with Gasteiger partial charge in [-0.25, -0.2) is 4.39 Å². The van der Waals surface area contributed by atoms with Crippen molar-refractivity contribution >= 4 is 11.6 Å². The van der Waals surface area contributed by atoms with Crippen LogP contribution in [0.1, 0.15) is 59.6 Å². The molecule has 0 spiro atoms. The molecule has 5 nitrogen and oxygen atoms in total. The van der Waals surface area contributed by atoms with Gasteiger partial charge in [-0.05, 0) is 66.2 Å². The predicted molar refractivity (Wildman–Crippen MR) is 123 cm³/mol. The van der Waals surface area contributed by atoms with Crippen LogP contribution >= 0.6 is 0 Å². The van der Waals surface area contributed by atoms with Gasteiger partial charge in [0.2, 0.25) is 0 Å². The number of hydrogen-bond donors (Lipinski definition) is 1. The van der Waals surface area contributed by atoms with Crippen molar-refractivity contribution in [2.45, 2.75) is 54.0 Å². The summed E-state index contributed by atoms with van der Waals surface area (Å²) in [7, 11) is 0. The SMILES string of the molecule is C=C(C)/C=C(\C=C(C)C)C(=O)CN1C(=N)c2c(cc(OCC)c(OCC)c2F)C1(C)C. The van der Waals surface area contributed by atoms with Crippen LogP contribution in [0.15, 0.2) is 41.5 Å². The Labute approximate surface area is 184 Å². The van der Waals surface area contributed by atoms with Crippen molar-refractivity contribution in [3.63, 3.8) is 0 Å². The number of rotatable bonds is 9. The quantitative estimate of drug-likeness (QED) is 0.414. The molecule has 0 fully saturated rings. The topological polar surface area (TPSA) is 62.6 Å². The van der Waals surface area contributed by atoms with Gasteiger partial charge in [0.1, 0.15) is 5.84 Å². The first-order chi connectivity index (χ1) is 14.4. The average Bonchev–Trinajstić information content (AvgIpc) is 2.84. The Morgan fingerprint density at radius 3 is 2.32 bits per heavy atom. The smallest absolute Gasteiger partial charge is 0.197 e. The number of ketones is 1. The van der Waals surface area contributed by atoms with Gasteiger partial charge >= 0.3 is 0 Å². The van der Waals surface area contributed by atoms with Gasteiger partial charge in [-0.15, -0.1) is 0 Å². The molecule has 0 amide bonds. The number of Topliss-reactive ketones (excluding diaryl/α,β-unsaturated/α-hetero) is 1. The number of halogens is 1. The molecule has 1 aliphatic heterocycles. The van der Waals surface area contributed by atoms with Gasteiger partial charge in [-0.3, -0.25) is 10.2 Å². The molecule has 1 aliphatic rings. The molecule has 0 saturated carbocycles. The van der Waals surface area contributed by atoms with E-state index in [1.54, 1.807) is 30.0 Å². The molecule has 168 valence electrons. The maximum Gasteiger partial charge on any atom is 0.197 e. The highest BCUT2D eigenvalue weighted by molar-refractivity contribution is 6.07. The molecule has 0 radical (unpaired) electrons. The number of allylic oxidation sites excluding steroid dienone is 4. The second-order valence-corrected chi connectivity index (χ2v) is 8.39. The predicted octanol–water partition coefficient (Wildman–Crippen LogP) is 5.54. The van der Waals surface area contributed by atoms with E-state index in [9.17, 15) is 4.79 Å². The zero-order chi connectivity index (χ0) is 23.5. The van der Waals surface area contributed by atoms with Crippen molar-refractivity contribution in [2.24, 2.45) is 0 Å². The molecular formula is C25H33FN2O3. The van der Waals surface area contributed by atoms with Crippen LogP contribution in [-0.4, -0.2) is 36.3 Å². The van der Waals surface area contributed by atoms with Crippen LogP contribution in [0.25, 0.3) is 0 Å². The fourth-order valence-electron chi connectivity index (χ4n) is 3.71. The molecule has 0 unspecified atom stereocenters. The molecule has 1 aromatic carbocycles. The van der Waals surface area contributed by atoms with E-state index < -0.39 is 11.4 Å². The standard InChI is InChI=1S/C25H33FN2O3/c1-9-30-20-13-18-21(22(26)23(20)31-10-2)24(27)28(25(18,7)8)14-19(29)17(11-15(3)4)12-16(5)6/h11-13,27H,3,9-10,14H2,1-2,4-8H3/b17-11+,27-24?. The summed E-state index contributed by atoms with van der Waals surface area (Å²) in [6.07, 6.45) is 3.54. The second-order valence-electron chi connectivity index (χ2n) is 8.39. The Morgan fingerprint density at radius 2 is 1.81 bits per heavy atom. The van der Waals surface area contributed by atoms with Gasteiger partial charge in [-0.2, -0.15) is 0 Å². The van der Waals surface area contributed by atoms with Gasteiger partial charge < -0.3 is 14.4 Å². The Hall–Kier alpha value is -2.89. The third-order valence-electron chi connectivity index (χ3n) is 5.09. The van der Waals surface area contributed by atoms with Crippen molar-refractivity contribution in [2.75, 3.05) is 19.8 Å². The van der Waals surface area contributed by atoms with Gasteiger partial charge in [-0.1, -0.05) is 23.8 Å². The summed E-state index contributed by atoms with van der Waals surface area (Å²) in [6, 6.07) is 1.73. The fourth-order valence-corrected chi connectivity index (χ4v) is 3.71. The zero-order valence-corrected chi connectivity index (χ0v) is 19.6. The van der Waals surface area contributed by atoms with Crippen LogP contribution in [0.3, 0.4) is 0 Å². The molecular weight excluding hydrogens is 395 g/mol. The summed E-state index contributed by atoms with van der Waals surface area (Å²) >= 11 is 0. The first-order valence-corrected chi connectivity index (χ1v) is 10.5. The molecule has 6 heteroatoms. The van der Waals surface area contributed by atoms with Gasteiger partial charge in [0.25, 0.3) is 0 Å². The molecule has 0 bridgehead atoms. The number of nitrogens with zero attached hydrogens (tertiary/aromatic N) is 1. The number of carbonyl (C=O) groups is 1. The zero-order valence-electron chi connectivity index (χ0n) is 19.6. The first kappa shape index (κ1) is 24.4. The Balaban J connectivity index is 2.53. The average molecular weight is 429 g/mol. The second kappa shape index (κ2) is 9.50. The number of ether oxygens (including phenoxy) is 2. The largest absolute Gasteiger partial charge is 0.490 e. The molecule has 31 heavy (non-hydrogen) atoms. The van der Waals surface area contributed by atoms with Crippen molar-refractivity contribution in [1.82, 2.24) is 4.90 Å². The number of nitrogens with one attached hydrogen (secondary N) is 1. The van der Waals surface area contributed by atoms with E-state index in [0.29, 0.717) is 23.5 Å². The minimum atomic E-state index is -0.779. The van der Waals surface area contributed by atoms with Crippen LogP contribution in [0, 0.1) is 11.2 Å². The highest BCUT2D eigenvalue weighted by atomic mass is 19.1. The van der Waals surface area contributed by atoms with Crippen LogP contribution in [-0.2, 0) is 10.3 Å². The first-order valence-electron chi connectivity index (χ1n) is 10.5. The van der Waals surface area contributed by atoms with E-state index in [1.165, 1.54) is 0 Å². The summed E-state index contributed by atoms with van der Waals surface area (Å²) in [5, 5.41) is 8.69. The van der Waals surface area contributed by atoms with Gasteiger partial charge in [0.15, 0.2) is 23.1 Å². The summed E-state index contributed by atoms with van der Waals surface area (Å²) in [5.41, 5.74) is 2.22. The number of benzene rings is 1. The van der Waals surface area contributed by atoms with E-state index in [0.717, 1.165) is 11.1 Å². The van der Waals surface area contributed by atoms with Crippen molar-refractivity contribution < 1.29 is 18.7 Å². The van der Waals surface area contributed by atoms with E-state index in [1.807, 2.05) is 41.5 Å². The van der Waals surface area contributed by atoms with Crippen molar-refractivity contribution in [3.05, 3.63) is 58.5 Å². The lowest BCUT2D eigenvalue weighted by Gasteiger charge is -2.33. The maximum atomic E-state index is 15.5. The van der Waals surface area contributed by atoms with E-state index in [4.69, 9.17) is 14.9 Å². The number of amidine groups is 1. The minimum absolute atomic E-state index is 0.00392. The lowest BCUT2D eigenvalue weighted by atomic mass is 9.92. The van der Waals surface area contributed by atoms with Crippen LogP contribution in [0.5, 0.6) is 11.5 Å². The lowest BCUT2D eigenvalue weighted by Crippen LogP contribution is -2.42. The third kappa shape index (κ3) is 4.89. The molecule has 1 aromatic rings. The summed E-state index contributed by atoms with van der Waals surface area (Å²) in [6.45, 7) is 17.4.